The lowest BCUT2D eigenvalue weighted by molar-refractivity contribution is 0.0696. The molecule has 1 N–H and O–H groups in total. The molecule has 0 radical (unpaired) electrons. The maximum absolute atomic E-state index is 10.9. The van der Waals surface area contributed by atoms with Gasteiger partial charge in [0, 0.05) is 0 Å². The number of carboxylic acid groups (broad SMARTS) is 1. The summed E-state index contributed by atoms with van der Waals surface area (Å²) < 4.78 is 10.6. The van der Waals surface area contributed by atoms with Crippen molar-refractivity contribution in [3.63, 3.8) is 0 Å². The van der Waals surface area contributed by atoms with E-state index >= 15 is 0 Å². The van der Waals surface area contributed by atoms with Crippen LogP contribution in [0.4, 0.5) is 0 Å². The predicted molar refractivity (Wildman–Crippen MR) is 68.8 cm³/mol. The van der Waals surface area contributed by atoms with Crippen LogP contribution in [0.5, 0.6) is 11.5 Å². The normalized spacial score (nSPS) is 12.4. The quantitative estimate of drug-likeness (QED) is 0.917. The summed E-state index contributed by atoms with van der Waals surface area (Å²) in [6.07, 6.45) is 0.664. The summed E-state index contributed by atoms with van der Waals surface area (Å²) in [5.41, 5.74) is 2.32. The molecule has 0 atom stereocenters. The summed E-state index contributed by atoms with van der Waals surface area (Å²) in [5.74, 6) is 0.586. The number of rotatable bonds is 3. The third-order valence-corrected chi connectivity index (χ3v) is 3.02. The second kappa shape index (κ2) is 4.65. The van der Waals surface area contributed by atoms with Gasteiger partial charge in [-0.15, -0.1) is 0 Å². The standard InChI is InChI=1S/C15H12O4/c16-15(17)12-3-1-2-10(7-12)6-11-4-5-13-14(8-11)19-9-18-13/h1-5,7-8H,6,9H2,(H,16,17). The van der Waals surface area contributed by atoms with Gasteiger partial charge in [-0.1, -0.05) is 18.2 Å². The van der Waals surface area contributed by atoms with Crippen LogP contribution in [-0.4, -0.2) is 17.9 Å². The summed E-state index contributed by atoms with van der Waals surface area (Å²) in [6, 6.07) is 12.7. The lowest BCUT2D eigenvalue weighted by Crippen LogP contribution is -1.97. The first-order valence-electron chi connectivity index (χ1n) is 5.93. The number of ether oxygens (including phenoxy) is 2. The van der Waals surface area contributed by atoms with E-state index in [2.05, 4.69) is 0 Å². The van der Waals surface area contributed by atoms with Gasteiger partial charge in [0.2, 0.25) is 6.79 Å². The van der Waals surface area contributed by atoms with Crippen LogP contribution < -0.4 is 9.47 Å². The Bertz CT molecular complexity index is 634. The molecule has 0 fully saturated rings. The topological polar surface area (TPSA) is 55.8 Å². The zero-order valence-electron chi connectivity index (χ0n) is 10.1. The highest BCUT2D eigenvalue weighted by molar-refractivity contribution is 5.87. The minimum absolute atomic E-state index is 0.257. The lowest BCUT2D eigenvalue weighted by atomic mass is 10.0. The number of aromatic carboxylic acids is 1. The summed E-state index contributed by atoms with van der Waals surface area (Å²) in [6.45, 7) is 0.257. The van der Waals surface area contributed by atoms with Gasteiger partial charge < -0.3 is 14.6 Å². The number of carbonyl (C=O) groups is 1. The van der Waals surface area contributed by atoms with Gasteiger partial charge in [0.25, 0.3) is 0 Å². The molecule has 1 aliphatic heterocycles. The van der Waals surface area contributed by atoms with E-state index in [9.17, 15) is 4.79 Å². The average Bonchev–Trinajstić information content (AvgIpc) is 2.86. The number of hydrogen-bond acceptors (Lipinski definition) is 3. The first-order chi connectivity index (χ1) is 9.22. The Morgan fingerprint density at radius 3 is 2.68 bits per heavy atom. The first kappa shape index (κ1) is 11.6. The fraction of sp³-hybridized carbons (Fsp3) is 0.133. The van der Waals surface area contributed by atoms with Gasteiger partial charge in [-0.25, -0.2) is 4.79 Å². The molecule has 19 heavy (non-hydrogen) atoms. The Hall–Kier alpha value is -2.49. The van der Waals surface area contributed by atoms with Crippen LogP contribution in [0.3, 0.4) is 0 Å². The predicted octanol–water partition coefficient (Wildman–Crippen LogP) is 2.70. The molecule has 1 heterocycles. The Kier molecular flexibility index (Phi) is 2.83. The highest BCUT2D eigenvalue weighted by atomic mass is 16.7. The molecule has 3 rings (SSSR count). The number of benzene rings is 2. The molecule has 4 heteroatoms. The van der Waals surface area contributed by atoms with Crippen molar-refractivity contribution in [2.24, 2.45) is 0 Å². The van der Waals surface area contributed by atoms with E-state index in [-0.39, 0.29) is 6.79 Å². The summed E-state index contributed by atoms with van der Waals surface area (Å²) >= 11 is 0. The highest BCUT2D eigenvalue weighted by Crippen LogP contribution is 2.33. The van der Waals surface area contributed by atoms with Gasteiger partial charge in [0.05, 0.1) is 5.56 Å². The number of hydrogen-bond donors (Lipinski definition) is 1. The van der Waals surface area contributed by atoms with Gasteiger partial charge in [0.1, 0.15) is 0 Å². The summed E-state index contributed by atoms with van der Waals surface area (Å²) in [4.78, 5) is 10.9. The third kappa shape index (κ3) is 2.38. The van der Waals surface area contributed by atoms with Crippen molar-refractivity contribution in [1.29, 1.82) is 0 Å². The van der Waals surface area contributed by atoms with Crippen molar-refractivity contribution in [2.75, 3.05) is 6.79 Å². The average molecular weight is 256 g/mol. The molecule has 0 aromatic heterocycles. The van der Waals surface area contributed by atoms with Crippen molar-refractivity contribution in [2.45, 2.75) is 6.42 Å². The molecule has 0 bridgehead atoms. The van der Waals surface area contributed by atoms with E-state index in [1.165, 1.54) is 0 Å². The maximum atomic E-state index is 10.9. The van der Waals surface area contributed by atoms with Crippen molar-refractivity contribution in [3.05, 3.63) is 59.2 Å². The third-order valence-electron chi connectivity index (χ3n) is 3.02. The molecular formula is C15H12O4. The van der Waals surface area contributed by atoms with Crippen LogP contribution in [0.2, 0.25) is 0 Å². The van der Waals surface area contributed by atoms with Crippen LogP contribution in [-0.2, 0) is 6.42 Å². The van der Waals surface area contributed by atoms with Crippen LogP contribution in [0.25, 0.3) is 0 Å². The van der Waals surface area contributed by atoms with E-state index in [1.807, 2.05) is 24.3 Å². The molecular weight excluding hydrogens is 244 g/mol. The molecule has 4 nitrogen and oxygen atoms in total. The number of fused-ring (bicyclic) bond motifs is 1. The zero-order chi connectivity index (χ0) is 13.2. The molecule has 0 saturated carbocycles. The van der Waals surface area contributed by atoms with Gasteiger partial charge in [-0.3, -0.25) is 0 Å². The molecule has 0 amide bonds. The molecule has 0 spiro atoms. The molecule has 2 aromatic rings. The minimum atomic E-state index is -0.910. The highest BCUT2D eigenvalue weighted by Gasteiger charge is 2.13. The zero-order valence-corrected chi connectivity index (χ0v) is 10.1. The largest absolute Gasteiger partial charge is 0.478 e. The van der Waals surface area contributed by atoms with Gasteiger partial charge >= 0.3 is 5.97 Å². The van der Waals surface area contributed by atoms with Crippen molar-refractivity contribution < 1.29 is 19.4 Å². The van der Waals surface area contributed by atoms with E-state index in [4.69, 9.17) is 14.6 Å². The molecule has 0 saturated heterocycles. The van der Waals surface area contributed by atoms with Crippen molar-refractivity contribution in [3.8, 4) is 11.5 Å². The van der Waals surface area contributed by atoms with Crippen LogP contribution in [0, 0.1) is 0 Å². The maximum Gasteiger partial charge on any atom is 0.335 e. The molecule has 96 valence electrons. The fourth-order valence-electron chi connectivity index (χ4n) is 2.10. The van der Waals surface area contributed by atoms with Crippen LogP contribution in [0.15, 0.2) is 42.5 Å². The first-order valence-corrected chi connectivity index (χ1v) is 5.93. The van der Waals surface area contributed by atoms with E-state index in [0.717, 1.165) is 22.6 Å². The van der Waals surface area contributed by atoms with Crippen molar-refractivity contribution in [1.82, 2.24) is 0 Å². The van der Waals surface area contributed by atoms with Crippen LogP contribution in [0.1, 0.15) is 21.5 Å². The fourth-order valence-corrected chi connectivity index (χ4v) is 2.10. The van der Waals surface area contributed by atoms with E-state index < -0.39 is 5.97 Å². The molecule has 2 aromatic carbocycles. The molecule has 1 aliphatic rings. The summed E-state index contributed by atoms with van der Waals surface area (Å²) in [7, 11) is 0. The SMILES string of the molecule is O=C(O)c1cccc(Cc2ccc3c(c2)OCO3)c1. The van der Waals surface area contributed by atoms with E-state index in [0.29, 0.717) is 12.0 Å². The Labute approximate surface area is 110 Å². The van der Waals surface area contributed by atoms with Gasteiger partial charge in [-0.05, 0) is 41.8 Å². The monoisotopic (exact) mass is 256 g/mol. The smallest absolute Gasteiger partial charge is 0.335 e. The minimum Gasteiger partial charge on any atom is -0.478 e. The Morgan fingerprint density at radius 1 is 1.05 bits per heavy atom. The van der Waals surface area contributed by atoms with Gasteiger partial charge in [-0.2, -0.15) is 0 Å². The van der Waals surface area contributed by atoms with Gasteiger partial charge in [0.15, 0.2) is 11.5 Å². The lowest BCUT2D eigenvalue weighted by Gasteiger charge is -2.04. The second-order valence-corrected chi connectivity index (χ2v) is 4.37. The second-order valence-electron chi connectivity index (χ2n) is 4.37. The van der Waals surface area contributed by atoms with E-state index in [1.54, 1.807) is 18.2 Å². The summed E-state index contributed by atoms with van der Waals surface area (Å²) in [5, 5.41) is 8.97. The number of carboxylic acids is 1. The molecule has 0 aliphatic carbocycles. The molecule has 0 unspecified atom stereocenters. The Morgan fingerprint density at radius 2 is 1.84 bits per heavy atom. The van der Waals surface area contributed by atoms with Crippen LogP contribution >= 0.6 is 0 Å². The Balaban J connectivity index is 1.85. The van der Waals surface area contributed by atoms with Crippen molar-refractivity contribution >= 4 is 5.97 Å².